The molecule has 1 amide bonds. The van der Waals surface area contributed by atoms with E-state index in [1.807, 2.05) is 24.3 Å². The fourth-order valence-corrected chi connectivity index (χ4v) is 3.76. The third-order valence-corrected chi connectivity index (χ3v) is 5.14. The predicted molar refractivity (Wildman–Crippen MR) is 94.5 cm³/mol. The Balaban J connectivity index is 2.00. The zero-order chi connectivity index (χ0) is 17.2. The maximum atomic E-state index is 11.6. The van der Waals surface area contributed by atoms with Crippen LogP contribution in [0.25, 0.3) is 22.4 Å². The van der Waals surface area contributed by atoms with E-state index in [1.165, 1.54) is 23.5 Å². The summed E-state index contributed by atoms with van der Waals surface area (Å²) >= 11 is 1.47. The van der Waals surface area contributed by atoms with Crippen molar-refractivity contribution in [3.63, 3.8) is 0 Å². The van der Waals surface area contributed by atoms with E-state index in [-0.39, 0.29) is 10.6 Å². The molecule has 122 valence electrons. The van der Waals surface area contributed by atoms with Crippen LogP contribution in [0.1, 0.15) is 10.6 Å². The van der Waals surface area contributed by atoms with E-state index in [0.29, 0.717) is 17.0 Å². The lowest BCUT2D eigenvalue weighted by Gasteiger charge is -2.05. The van der Waals surface area contributed by atoms with E-state index in [2.05, 4.69) is 10.3 Å². The molecule has 0 bridgehead atoms. The number of rotatable bonds is 5. The molecule has 0 aliphatic rings. The number of nitrogens with one attached hydrogen (secondary N) is 1. The summed E-state index contributed by atoms with van der Waals surface area (Å²) in [7, 11) is -4.43. The Kier molecular flexibility index (Phi) is 4.43. The summed E-state index contributed by atoms with van der Waals surface area (Å²) in [6.07, 6.45) is 3.67. The lowest BCUT2D eigenvalue weighted by Crippen LogP contribution is -2.03. The number of para-hydroxylation sites is 1. The van der Waals surface area contributed by atoms with Crippen LogP contribution in [0.15, 0.2) is 47.4 Å². The van der Waals surface area contributed by atoms with E-state index in [9.17, 15) is 17.8 Å². The molecule has 0 radical (unpaired) electrons. The van der Waals surface area contributed by atoms with Gasteiger partial charge in [-0.25, -0.2) is 4.98 Å². The third-order valence-electron chi connectivity index (χ3n) is 3.23. The van der Waals surface area contributed by atoms with Crippen molar-refractivity contribution in [2.45, 2.75) is 4.90 Å². The van der Waals surface area contributed by atoms with Crippen LogP contribution in [0.4, 0.5) is 5.69 Å². The first-order chi connectivity index (χ1) is 11.5. The van der Waals surface area contributed by atoms with Crippen LogP contribution in [-0.4, -0.2) is 24.4 Å². The van der Waals surface area contributed by atoms with E-state index < -0.39 is 10.1 Å². The number of carbonyl (C=O) groups excluding carboxylic acids is 1. The smallest absolute Gasteiger partial charge is 0.295 e. The molecule has 1 heterocycles. The minimum Gasteiger partial charge on any atom is -0.329 e. The number of fused-ring (bicyclic) bond motifs is 1. The first-order valence-electron chi connectivity index (χ1n) is 6.83. The molecular formula is C16H12N2O4S2. The Morgan fingerprint density at radius 1 is 1.12 bits per heavy atom. The first kappa shape index (κ1) is 16.3. The summed E-state index contributed by atoms with van der Waals surface area (Å²) < 4.78 is 33.5. The molecule has 2 N–H and O–H groups in total. The Morgan fingerprint density at radius 3 is 2.62 bits per heavy atom. The fourth-order valence-electron chi connectivity index (χ4n) is 2.18. The zero-order valence-electron chi connectivity index (χ0n) is 12.2. The quantitative estimate of drug-likeness (QED) is 0.538. The van der Waals surface area contributed by atoms with E-state index in [4.69, 9.17) is 0 Å². The second kappa shape index (κ2) is 6.52. The van der Waals surface area contributed by atoms with Gasteiger partial charge in [0.15, 0.2) is 0 Å². The van der Waals surface area contributed by atoms with Crippen LogP contribution in [0, 0.1) is 0 Å². The Morgan fingerprint density at radius 2 is 1.92 bits per heavy atom. The largest absolute Gasteiger partial charge is 0.329 e. The minimum absolute atomic E-state index is 0.273. The third kappa shape index (κ3) is 3.51. The summed E-state index contributed by atoms with van der Waals surface area (Å²) in [4.78, 5) is 14.6. The number of carbonyl (C=O) groups is 1. The van der Waals surface area contributed by atoms with Crippen molar-refractivity contribution in [3.8, 4) is 0 Å². The lowest BCUT2D eigenvalue weighted by molar-refractivity contribution is -0.105. The normalized spacial score (nSPS) is 11.9. The molecular weight excluding hydrogens is 348 g/mol. The number of thiazole rings is 1. The predicted octanol–water partition coefficient (Wildman–Crippen LogP) is 3.28. The van der Waals surface area contributed by atoms with Crippen molar-refractivity contribution in [1.82, 2.24) is 4.98 Å². The molecule has 2 aromatic carbocycles. The highest BCUT2D eigenvalue weighted by Crippen LogP contribution is 2.25. The van der Waals surface area contributed by atoms with Gasteiger partial charge in [0.1, 0.15) is 9.90 Å². The molecule has 0 atom stereocenters. The Hall–Kier alpha value is -2.55. The van der Waals surface area contributed by atoms with Gasteiger partial charge < -0.3 is 5.32 Å². The molecule has 0 saturated heterocycles. The molecule has 24 heavy (non-hydrogen) atoms. The van der Waals surface area contributed by atoms with Gasteiger partial charge >= 0.3 is 0 Å². The average molecular weight is 360 g/mol. The summed E-state index contributed by atoms with van der Waals surface area (Å²) in [6, 6.07) is 11.9. The maximum absolute atomic E-state index is 11.6. The van der Waals surface area contributed by atoms with Crippen molar-refractivity contribution in [2.75, 3.05) is 5.32 Å². The second-order valence-corrected chi connectivity index (χ2v) is 7.30. The van der Waals surface area contributed by atoms with Crippen molar-refractivity contribution >= 4 is 55.9 Å². The molecule has 0 unspecified atom stereocenters. The van der Waals surface area contributed by atoms with Gasteiger partial charge in [-0.3, -0.25) is 9.35 Å². The molecule has 0 aliphatic carbocycles. The standard InChI is InChI=1S/C16H12N2O4S2/c19-10-17-12-7-5-11(15(9-12)24(20,21)22)6-8-16-18-13-3-1-2-4-14(13)23-16/h1-10H,(H,17,19)(H,20,21,22). The van der Waals surface area contributed by atoms with Crippen LogP contribution in [0.5, 0.6) is 0 Å². The Labute approximate surface area is 142 Å². The van der Waals surface area contributed by atoms with Gasteiger partial charge in [-0.05, 0) is 35.9 Å². The number of nitrogens with zero attached hydrogens (tertiary/aromatic N) is 1. The van der Waals surface area contributed by atoms with E-state index in [1.54, 1.807) is 18.2 Å². The number of anilines is 1. The SMILES string of the molecule is O=CNc1ccc(C=Cc2nc3ccccc3s2)c(S(=O)(=O)O)c1. The molecule has 1 aromatic heterocycles. The lowest BCUT2D eigenvalue weighted by atomic mass is 10.2. The first-order valence-corrected chi connectivity index (χ1v) is 9.08. The molecule has 0 aliphatic heterocycles. The molecule has 6 nitrogen and oxygen atoms in total. The Bertz CT molecular complexity index is 1010. The van der Waals surface area contributed by atoms with Gasteiger partial charge in [0, 0.05) is 5.69 Å². The summed E-state index contributed by atoms with van der Waals surface area (Å²) in [5, 5.41) is 3.06. The average Bonchev–Trinajstić information content (AvgIpc) is 2.96. The topological polar surface area (TPSA) is 96.4 Å². The molecule has 0 fully saturated rings. The molecule has 0 spiro atoms. The van der Waals surface area contributed by atoms with Gasteiger partial charge in [-0.1, -0.05) is 24.3 Å². The van der Waals surface area contributed by atoms with Crippen LogP contribution < -0.4 is 5.32 Å². The summed E-state index contributed by atoms with van der Waals surface area (Å²) in [5.74, 6) is 0. The van der Waals surface area contributed by atoms with Crippen molar-refractivity contribution in [2.24, 2.45) is 0 Å². The zero-order valence-corrected chi connectivity index (χ0v) is 13.8. The minimum atomic E-state index is -4.43. The van der Waals surface area contributed by atoms with Crippen LogP contribution >= 0.6 is 11.3 Å². The van der Waals surface area contributed by atoms with Gasteiger partial charge in [0.05, 0.1) is 10.2 Å². The monoisotopic (exact) mass is 360 g/mol. The van der Waals surface area contributed by atoms with Gasteiger partial charge in [-0.2, -0.15) is 8.42 Å². The summed E-state index contributed by atoms with van der Waals surface area (Å²) in [6.45, 7) is 0. The highest BCUT2D eigenvalue weighted by molar-refractivity contribution is 7.86. The highest BCUT2D eigenvalue weighted by atomic mass is 32.2. The number of amides is 1. The van der Waals surface area contributed by atoms with E-state index >= 15 is 0 Å². The van der Waals surface area contributed by atoms with Gasteiger partial charge in [0.25, 0.3) is 10.1 Å². The van der Waals surface area contributed by atoms with Crippen molar-refractivity contribution in [1.29, 1.82) is 0 Å². The van der Waals surface area contributed by atoms with Crippen LogP contribution in [0.3, 0.4) is 0 Å². The molecule has 3 rings (SSSR count). The van der Waals surface area contributed by atoms with Crippen molar-refractivity contribution < 1.29 is 17.8 Å². The van der Waals surface area contributed by atoms with E-state index in [0.717, 1.165) is 10.2 Å². The number of hydrogen-bond acceptors (Lipinski definition) is 5. The van der Waals surface area contributed by atoms with Gasteiger partial charge in [0.2, 0.25) is 6.41 Å². The highest BCUT2D eigenvalue weighted by Gasteiger charge is 2.15. The van der Waals surface area contributed by atoms with Crippen LogP contribution in [-0.2, 0) is 14.9 Å². The van der Waals surface area contributed by atoms with Crippen molar-refractivity contribution in [3.05, 3.63) is 53.0 Å². The molecule has 0 saturated carbocycles. The number of hydrogen-bond donors (Lipinski definition) is 2. The summed E-state index contributed by atoms with van der Waals surface area (Å²) in [5.41, 5.74) is 1.44. The molecule has 3 aromatic rings. The van der Waals surface area contributed by atoms with Crippen LogP contribution in [0.2, 0.25) is 0 Å². The number of benzene rings is 2. The second-order valence-electron chi connectivity index (χ2n) is 4.84. The molecule has 8 heteroatoms. The number of aromatic nitrogens is 1. The fraction of sp³-hybridized carbons (Fsp3) is 0. The van der Waals surface area contributed by atoms with Gasteiger partial charge in [-0.15, -0.1) is 11.3 Å². The maximum Gasteiger partial charge on any atom is 0.295 e.